The van der Waals surface area contributed by atoms with E-state index in [1.54, 1.807) is 6.92 Å². The number of benzene rings is 1. The largest absolute Gasteiger partial charge is 0.467 e. The average molecular weight is 444 g/mol. The zero-order chi connectivity index (χ0) is 20.0. The van der Waals surface area contributed by atoms with Crippen molar-refractivity contribution in [2.45, 2.75) is 47.1 Å². The maximum absolute atomic E-state index is 12.9. The number of carbonyl (C=O) groups is 3. The molecular weight excluding hydrogens is 418 g/mol. The van der Waals surface area contributed by atoms with Crippen LogP contribution in [0.15, 0.2) is 16.6 Å². The lowest BCUT2D eigenvalue weighted by Crippen LogP contribution is -2.46. The molecule has 1 atom stereocenters. The highest BCUT2D eigenvalue weighted by Gasteiger charge is 2.31. The molecule has 0 heterocycles. The number of hydrogen-bond donors (Lipinski definition) is 0. The minimum atomic E-state index is -0.792. The molecule has 0 saturated heterocycles. The van der Waals surface area contributed by atoms with Crippen LogP contribution in [0.5, 0.6) is 0 Å². The van der Waals surface area contributed by atoms with Gasteiger partial charge >= 0.3 is 5.97 Å². The zero-order valence-corrected chi connectivity index (χ0v) is 18.5. The Balaban J connectivity index is 3.19. The SMILES string of the molecule is COC(=O)[C@H](C)N(C(=O)CSC(=O)CC(C)C)c1c(C)ccc(Br)c1C. The summed E-state index contributed by atoms with van der Waals surface area (Å²) < 4.78 is 5.68. The summed E-state index contributed by atoms with van der Waals surface area (Å²) in [7, 11) is 1.29. The van der Waals surface area contributed by atoms with E-state index in [1.165, 1.54) is 12.0 Å². The molecule has 0 radical (unpaired) electrons. The summed E-state index contributed by atoms with van der Waals surface area (Å²) in [6.45, 7) is 9.31. The molecule has 26 heavy (non-hydrogen) atoms. The number of thioether (sulfide) groups is 1. The van der Waals surface area contributed by atoms with Gasteiger partial charge < -0.3 is 4.74 Å². The first-order chi connectivity index (χ1) is 12.1. The summed E-state index contributed by atoms with van der Waals surface area (Å²) in [4.78, 5) is 38.5. The summed E-state index contributed by atoms with van der Waals surface area (Å²) in [5.41, 5.74) is 2.39. The van der Waals surface area contributed by atoms with E-state index in [4.69, 9.17) is 4.74 Å². The molecule has 144 valence electrons. The van der Waals surface area contributed by atoms with Gasteiger partial charge in [-0.15, -0.1) is 0 Å². The number of amides is 1. The Hall–Kier alpha value is -1.34. The second kappa shape index (κ2) is 10.1. The van der Waals surface area contributed by atoms with E-state index in [2.05, 4.69) is 15.9 Å². The topological polar surface area (TPSA) is 63.7 Å². The van der Waals surface area contributed by atoms with Crippen molar-refractivity contribution in [2.75, 3.05) is 17.8 Å². The molecule has 0 fully saturated rings. The van der Waals surface area contributed by atoms with Crippen LogP contribution in [0, 0.1) is 19.8 Å². The van der Waals surface area contributed by atoms with Gasteiger partial charge in [-0.1, -0.05) is 47.6 Å². The first-order valence-corrected chi connectivity index (χ1v) is 10.2. The average Bonchev–Trinajstić information content (AvgIpc) is 2.58. The molecule has 0 saturated carbocycles. The van der Waals surface area contributed by atoms with Gasteiger partial charge in [-0.3, -0.25) is 14.5 Å². The van der Waals surface area contributed by atoms with Crippen molar-refractivity contribution in [1.82, 2.24) is 0 Å². The smallest absolute Gasteiger partial charge is 0.328 e. The number of methoxy groups -OCH3 is 1. The molecule has 0 aromatic heterocycles. The Labute approximate surface area is 168 Å². The lowest BCUT2D eigenvalue weighted by atomic mass is 10.1. The number of nitrogens with zero attached hydrogens (tertiary/aromatic N) is 1. The predicted octanol–water partition coefficient (Wildman–Crippen LogP) is 4.27. The molecule has 0 aliphatic rings. The van der Waals surface area contributed by atoms with Gasteiger partial charge in [0, 0.05) is 10.9 Å². The molecule has 0 spiro atoms. The number of aryl methyl sites for hydroxylation is 1. The fourth-order valence-corrected chi connectivity index (χ4v) is 3.79. The molecule has 1 aromatic rings. The maximum atomic E-state index is 12.9. The van der Waals surface area contributed by atoms with Gasteiger partial charge in [-0.25, -0.2) is 4.79 Å². The van der Waals surface area contributed by atoms with Crippen molar-refractivity contribution in [3.8, 4) is 0 Å². The highest BCUT2D eigenvalue weighted by molar-refractivity contribution is 9.10. The van der Waals surface area contributed by atoms with Crippen molar-refractivity contribution in [1.29, 1.82) is 0 Å². The summed E-state index contributed by atoms with van der Waals surface area (Å²) in [5, 5.41) is -0.0262. The standard InChI is InChI=1S/C19H26BrNO4S/c1-11(2)9-17(23)26-10-16(22)21(14(5)19(24)25-6)18-12(3)7-8-15(20)13(18)4/h7-8,11,14H,9-10H2,1-6H3/t14-/m0/s1. The molecule has 1 rings (SSSR count). The van der Waals surface area contributed by atoms with Crippen LogP contribution in [-0.2, 0) is 19.1 Å². The molecule has 0 bridgehead atoms. The Bertz CT molecular complexity index is 690. The first-order valence-electron chi connectivity index (χ1n) is 8.41. The van der Waals surface area contributed by atoms with Crippen LogP contribution in [0.25, 0.3) is 0 Å². The van der Waals surface area contributed by atoms with Gasteiger partial charge in [0.2, 0.25) is 5.91 Å². The number of esters is 1. The Morgan fingerprint density at radius 1 is 1.19 bits per heavy atom. The van der Waals surface area contributed by atoms with Gasteiger partial charge in [-0.05, 0) is 43.9 Å². The Morgan fingerprint density at radius 2 is 1.81 bits per heavy atom. The monoisotopic (exact) mass is 443 g/mol. The summed E-state index contributed by atoms with van der Waals surface area (Å²) in [5.74, 6) is -0.576. The van der Waals surface area contributed by atoms with Crippen molar-refractivity contribution < 1.29 is 19.1 Å². The molecule has 0 unspecified atom stereocenters. The summed E-state index contributed by atoms with van der Waals surface area (Å²) in [6, 6.07) is 2.99. The fourth-order valence-electron chi connectivity index (χ4n) is 2.60. The number of ether oxygens (including phenoxy) is 1. The first kappa shape index (κ1) is 22.7. The van der Waals surface area contributed by atoms with Gasteiger partial charge in [0.05, 0.1) is 18.6 Å². The number of anilines is 1. The molecule has 0 N–H and O–H groups in total. The minimum Gasteiger partial charge on any atom is -0.467 e. The zero-order valence-electron chi connectivity index (χ0n) is 16.1. The van der Waals surface area contributed by atoms with E-state index in [-0.39, 0.29) is 22.7 Å². The van der Waals surface area contributed by atoms with Crippen molar-refractivity contribution in [3.05, 3.63) is 27.7 Å². The quantitative estimate of drug-likeness (QED) is 0.588. The number of hydrogen-bond acceptors (Lipinski definition) is 5. The van der Waals surface area contributed by atoms with E-state index in [0.717, 1.165) is 27.4 Å². The Kier molecular flexibility index (Phi) is 8.83. The van der Waals surface area contributed by atoms with Gasteiger partial charge in [-0.2, -0.15) is 0 Å². The van der Waals surface area contributed by atoms with Gasteiger partial charge in [0.25, 0.3) is 0 Å². The normalized spacial score (nSPS) is 12.0. The van der Waals surface area contributed by atoms with E-state index < -0.39 is 12.0 Å². The van der Waals surface area contributed by atoms with Gasteiger partial charge in [0.1, 0.15) is 6.04 Å². The lowest BCUT2D eigenvalue weighted by Gasteiger charge is -2.30. The number of halogens is 1. The van der Waals surface area contributed by atoms with Crippen LogP contribution in [0.3, 0.4) is 0 Å². The van der Waals surface area contributed by atoms with E-state index in [1.807, 2.05) is 39.8 Å². The van der Waals surface area contributed by atoms with E-state index >= 15 is 0 Å². The van der Waals surface area contributed by atoms with Crippen molar-refractivity contribution >= 4 is 50.4 Å². The second-order valence-electron chi connectivity index (χ2n) is 6.56. The minimum absolute atomic E-state index is 0.0156. The molecule has 1 aromatic carbocycles. The van der Waals surface area contributed by atoms with E-state index in [9.17, 15) is 14.4 Å². The van der Waals surface area contributed by atoms with Crippen LogP contribution in [-0.4, -0.2) is 35.9 Å². The van der Waals surface area contributed by atoms with Crippen molar-refractivity contribution in [2.24, 2.45) is 5.92 Å². The fraction of sp³-hybridized carbons (Fsp3) is 0.526. The predicted molar refractivity (Wildman–Crippen MR) is 110 cm³/mol. The molecule has 0 aliphatic heterocycles. The Morgan fingerprint density at radius 3 is 2.35 bits per heavy atom. The number of carbonyl (C=O) groups excluding carboxylic acids is 3. The summed E-state index contributed by atoms with van der Waals surface area (Å²) in [6.07, 6.45) is 0.416. The van der Waals surface area contributed by atoms with Crippen molar-refractivity contribution in [3.63, 3.8) is 0 Å². The van der Waals surface area contributed by atoms with Crippen LogP contribution in [0.1, 0.15) is 38.3 Å². The third kappa shape index (κ3) is 5.84. The van der Waals surface area contributed by atoms with Crippen LogP contribution in [0.2, 0.25) is 0 Å². The second-order valence-corrected chi connectivity index (χ2v) is 8.45. The highest BCUT2D eigenvalue weighted by atomic mass is 79.9. The molecule has 1 amide bonds. The third-order valence-corrected chi connectivity index (χ3v) is 5.68. The number of rotatable bonds is 7. The molecule has 7 heteroatoms. The van der Waals surface area contributed by atoms with Crippen LogP contribution in [0.4, 0.5) is 5.69 Å². The molecule has 5 nitrogen and oxygen atoms in total. The lowest BCUT2D eigenvalue weighted by molar-refractivity contribution is -0.142. The third-order valence-electron chi connectivity index (χ3n) is 3.94. The molecule has 0 aliphatic carbocycles. The summed E-state index contributed by atoms with van der Waals surface area (Å²) >= 11 is 4.47. The van der Waals surface area contributed by atoms with Crippen LogP contribution < -0.4 is 4.90 Å². The van der Waals surface area contributed by atoms with Gasteiger partial charge in [0.15, 0.2) is 5.12 Å². The highest BCUT2D eigenvalue weighted by Crippen LogP contribution is 2.32. The van der Waals surface area contributed by atoms with E-state index in [0.29, 0.717) is 12.1 Å². The molecular formula is C19H26BrNO4S. The van der Waals surface area contributed by atoms with Crippen LogP contribution >= 0.6 is 27.7 Å². The maximum Gasteiger partial charge on any atom is 0.328 e.